The Bertz CT molecular complexity index is 1390. The van der Waals surface area contributed by atoms with Gasteiger partial charge in [-0.15, -0.1) is 10.2 Å². The molecule has 37 heavy (non-hydrogen) atoms. The minimum atomic E-state index is -4.17. The van der Waals surface area contributed by atoms with Crippen molar-refractivity contribution < 1.29 is 31.9 Å². The Hall–Kier alpha value is -2.96. The largest absolute Gasteiger partial charge is 0.472 e. The van der Waals surface area contributed by atoms with Crippen LogP contribution < -0.4 is 10.4 Å². The Labute approximate surface area is 212 Å². The molecule has 3 N–H and O–H groups in total. The number of rotatable bonds is 10. The molecule has 1 fully saturated rings. The highest BCUT2D eigenvalue weighted by atomic mass is 31.3. The van der Waals surface area contributed by atoms with E-state index in [0.717, 1.165) is 0 Å². The average Bonchev–Trinajstić information content (AvgIpc) is 3.42. The molecule has 0 radical (unpaired) electrons. The van der Waals surface area contributed by atoms with E-state index in [2.05, 4.69) is 33.3 Å². The predicted octanol–water partition coefficient (Wildman–Crippen LogP) is 3.08. The molecule has 4 rings (SSSR count). The Morgan fingerprint density at radius 2 is 2.11 bits per heavy atom. The lowest BCUT2D eigenvalue weighted by Gasteiger charge is -2.21. The molecule has 1 aliphatic heterocycles. The first-order valence-electron chi connectivity index (χ1n) is 10.9. The van der Waals surface area contributed by atoms with Gasteiger partial charge in [0.2, 0.25) is 5.82 Å². The Morgan fingerprint density at radius 1 is 1.32 bits per heavy atom. The summed E-state index contributed by atoms with van der Waals surface area (Å²) < 4.78 is 47.9. The molecule has 0 bridgehead atoms. The molecule has 13 nitrogen and oxygen atoms in total. The lowest BCUT2D eigenvalue weighted by molar-refractivity contribution is 0.102. The molecule has 198 valence electrons. The summed E-state index contributed by atoms with van der Waals surface area (Å²) in [5, 5.41) is 11.8. The molecule has 0 amide bonds. The van der Waals surface area contributed by atoms with E-state index in [1.165, 1.54) is 17.1 Å². The molecule has 3 aromatic rings. The summed E-state index contributed by atoms with van der Waals surface area (Å²) in [6.07, 6.45) is 4.23. The van der Waals surface area contributed by atoms with Gasteiger partial charge in [-0.1, -0.05) is 6.07 Å². The van der Waals surface area contributed by atoms with Crippen molar-refractivity contribution in [1.82, 2.24) is 25.2 Å². The highest BCUT2D eigenvalue weighted by molar-refractivity contribution is 7.68. The van der Waals surface area contributed by atoms with Gasteiger partial charge in [0, 0.05) is 23.0 Å². The molecule has 1 aromatic carbocycles. The highest BCUT2D eigenvalue weighted by Gasteiger charge is 2.33. The number of nitrogens with zero attached hydrogens (tertiary/aromatic N) is 6. The van der Waals surface area contributed by atoms with Crippen LogP contribution in [0.15, 0.2) is 49.0 Å². The monoisotopic (exact) mass is 553 g/mol. The van der Waals surface area contributed by atoms with Crippen LogP contribution in [0.2, 0.25) is 0 Å². The van der Waals surface area contributed by atoms with Gasteiger partial charge in [0.1, 0.15) is 17.6 Å². The molecular weight excluding hydrogens is 527 g/mol. The molecule has 3 atom stereocenters. The van der Waals surface area contributed by atoms with E-state index in [9.17, 15) is 9.46 Å². The van der Waals surface area contributed by atoms with Gasteiger partial charge in [-0.05, 0) is 49.3 Å². The molecule has 3 heterocycles. The summed E-state index contributed by atoms with van der Waals surface area (Å²) in [5.74, 6) is 0.129. The van der Waals surface area contributed by atoms with E-state index in [1.54, 1.807) is 43.1 Å². The number of ether oxygens (including phenoxy) is 1. The van der Waals surface area contributed by atoms with Crippen LogP contribution in [0.5, 0.6) is 0 Å². The van der Waals surface area contributed by atoms with Crippen LogP contribution in [0.1, 0.15) is 6.92 Å². The first-order chi connectivity index (χ1) is 17.5. The fourth-order valence-electron chi connectivity index (χ4n) is 3.53. The maximum atomic E-state index is 15.1. The number of pyridine rings is 1. The Kier molecular flexibility index (Phi) is 7.91. The molecule has 2 aromatic heterocycles. The van der Waals surface area contributed by atoms with Crippen LogP contribution in [-0.4, -0.2) is 62.2 Å². The number of hydrogen-bond donors (Lipinski definition) is 2. The number of nitrogens with two attached hydrogens (primary N) is 1. The normalized spacial score (nSPS) is 18.9. The van der Waals surface area contributed by atoms with Gasteiger partial charge in [0.25, 0.3) is 7.57 Å². The third-order valence-electron chi connectivity index (χ3n) is 5.08. The van der Waals surface area contributed by atoms with Crippen molar-refractivity contribution in [1.29, 1.82) is 0 Å². The zero-order valence-electron chi connectivity index (χ0n) is 20.1. The second-order valence-corrected chi connectivity index (χ2v) is 11.4. The molecule has 3 unspecified atom stereocenters. The van der Waals surface area contributed by atoms with E-state index < -0.39 is 27.2 Å². The first-order valence-corrected chi connectivity index (χ1v) is 14.3. The quantitative estimate of drug-likeness (QED) is 0.354. The predicted molar refractivity (Wildman–Crippen MR) is 135 cm³/mol. The van der Waals surface area contributed by atoms with E-state index in [0.29, 0.717) is 28.3 Å². The molecule has 16 heteroatoms. The maximum absolute atomic E-state index is 15.1. The fraction of sp³-hybridized carbons (Fsp3) is 0.286. The van der Waals surface area contributed by atoms with E-state index in [-0.39, 0.29) is 25.6 Å². The SMILES string of the molecule is C=C1OC(COP(N)(=O)OP(=C)(O)OCC)CN1c1ccc(-c2ccc(-c3nnn(C)n3)nc2)c(F)c1. The van der Waals surface area contributed by atoms with Crippen molar-refractivity contribution in [2.45, 2.75) is 13.0 Å². The Morgan fingerprint density at radius 3 is 2.73 bits per heavy atom. The molecule has 1 saturated heterocycles. The van der Waals surface area contributed by atoms with Crippen LogP contribution in [0.25, 0.3) is 22.6 Å². The molecular formula is C21H26FN7O6P2. The fourth-order valence-corrected chi connectivity index (χ4v) is 6.10. The van der Waals surface area contributed by atoms with E-state index in [1.807, 2.05) is 0 Å². The smallest absolute Gasteiger partial charge is 0.409 e. The van der Waals surface area contributed by atoms with Gasteiger partial charge in [-0.2, -0.15) is 4.80 Å². The summed E-state index contributed by atoms with van der Waals surface area (Å²) in [4.78, 5) is 17.2. The zero-order valence-corrected chi connectivity index (χ0v) is 21.9. The van der Waals surface area contributed by atoms with Gasteiger partial charge in [-0.25, -0.2) is 18.8 Å². The van der Waals surface area contributed by atoms with E-state index in [4.69, 9.17) is 23.6 Å². The van der Waals surface area contributed by atoms with Gasteiger partial charge in [0.15, 0.2) is 5.88 Å². The third kappa shape index (κ3) is 6.68. The van der Waals surface area contributed by atoms with Crippen molar-refractivity contribution in [3.05, 3.63) is 54.8 Å². The number of hydrogen-bond acceptors (Lipinski definition) is 11. The summed E-state index contributed by atoms with van der Waals surface area (Å²) in [6.45, 7) is 5.51. The zero-order chi connectivity index (χ0) is 26.8. The van der Waals surface area contributed by atoms with Crippen LogP contribution in [0.4, 0.5) is 10.1 Å². The second kappa shape index (κ2) is 10.8. The lowest BCUT2D eigenvalue weighted by atomic mass is 10.1. The van der Waals surface area contributed by atoms with Gasteiger partial charge in [0.05, 0.1) is 26.8 Å². The Balaban J connectivity index is 1.40. The van der Waals surface area contributed by atoms with Crippen LogP contribution in [0.3, 0.4) is 0 Å². The minimum Gasteiger partial charge on any atom is -0.472 e. The summed E-state index contributed by atoms with van der Waals surface area (Å²) in [7, 11) is -6.16. The van der Waals surface area contributed by atoms with Crippen molar-refractivity contribution in [2.24, 2.45) is 12.6 Å². The van der Waals surface area contributed by atoms with Gasteiger partial charge >= 0.3 is 7.75 Å². The molecule has 0 saturated carbocycles. The highest BCUT2D eigenvalue weighted by Crippen LogP contribution is 2.58. The summed E-state index contributed by atoms with van der Waals surface area (Å²) >= 11 is 0. The summed E-state index contributed by atoms with van der Waals surface area (Å²) in [6, 6.07) is 8.08. The number of aryl methyl sites for hydroxylation is 1. The van der Waals surface area contributed by atoms with E-state index >= 15 is 4.39 Å². The summed E-state index contributed by atoms with van der Waals surface area (Å²) in [5.41, 5.74) is 7.45. The lowest BCUT2D eigenvalue weighted by Crippen LogP contribution is -2.24. The van der Waals surface area contributed by atoms with Crippen LogP contribution in [-0.2, 0) is 29.7 Å². The van der Waals surface area contributed by atoms with Crippen molar-refractivity contribution in [3.63, 3.8) is 0 Å². The van der Waals surface area contributed by atoms with Crippen LogP contribution in [0, 0.1) is 5.82 Å². The maximum Gasteiger partial charge on any atom is 0.409 e. The first kappa shape index (κ1) is 27.1. The van der Waals surface area contributed by atoms with Crippen molar-refractivity contribution >= 4 is 27.3 Å². The standard InChI is InChI=1S/C21H26FN7O6P2/c1-5-32-36(4,30)35-37(23,31)33-13-17-12-29(14(2)34-17)16-7-8-18(19(22)10-16)15-6-9-20(24-11-15)21-25-27-28(3)26-21/h6-11,17,30H,2,4-5,12-13H2,1,3H3,(H2,23,31). The van der Waals surface area contributed by atoms with Gasteiger partial charge < -0.3 is 19.1 Å². The number of halogens is 1. The molecule has 0 aliphatic carbocycles. The number of aromatic nitrogens is 5. The van der Waals surface area contributed by atoms with Gasteiger partial charge in [-0.3, -0.25) is 9.51 Å². The third-order valence-corrected chi connectivity index (χ3v) is 8.18. The molecule has 0 spiro atoms. The molecule has 1 aliphatic rings. The van der Waals surface area contributed by atoms with Crippen LogP contribution >= 0.6 is 15.3 Å². The number of anilines is 1. The minimum absolute atomic E-state index is 0.0891. The number of tetrazole rings is 1. The topological polar surface area (TPSA) is 160 Å². The second-order valence-electron chi connectivity index (χ2n) is 7.92. The van der Waals surface area contributed by atoms with Crippen molar-refractivity contribution in [2.75, 3.05) is 24.7 Å². The average molecular weight is 553 g/mol. The van der Waals surface area contributed by atoms with Crippen molar-refractivity contribution in [3.8, 4) is 22.6 Å². The number of benzene rings is 1.